The quantitative estimate of drug-likeness (QED) is 0.854. The first-order valence-electron chi connectivity index (χ1n) is 8.35. The normalized spacial score (nSPS) is 21.7. The number of nitrogens with zero attached hydrogens (tertiary/aromatic N) is 3. The summed E-state index contributed by atoms with van der Waals surface area (Å²) in [5.74, 6) is -1.07. The fourth-order valence-corrected chi connectivity index (χ4v) is 4.68. The van der Waals surface area contributed by atoms with E-state index >= 15 is 0 Å². The third-order valence-corrected chi connectivity index (χ3v) is 6.72. The second-order valence-corrected chi connectivity index (χ2v) is 9.57. The van der Waals surface area contributed by atoms with Crippen molar-refractivity contribution in [3.63, 3.8) is 0 Å². The number of carboxylic acids is 1. The summed E-state index contributed by atoms with van der Waals surface area (Å²) in [6.07, 6.45) is 4.21. The summed E-state index contributed by atoms with van der Waals surface area (Å²) in [4.78, 5) is 16.9. The van der Waals surface area contributed by atoms with Crippen molar-refractivity contribution in [2.45, 2.75) is 36.6 Å². The standard InChI is InChI=1S/C17H21N3O4S2/c1-20-17(18-13-5-3-4-12(10-13)16(21)22)25-15(19-20)11-6-8-14(9-7-11)26(2,23)24/h6-9,12-13H,3-5,10H2,1-2H3,(H,21,22). The highest BCUT2D eigenvalue weighted by Gasteiger charge is 2.26. The summed E-state index contributed by atoms with van der Waals surface area (Å²) in [6, 6.07) is 6.61. The number of aliphatic carboxylic acids is 1. The van der Waals surface area contributed by atoms with Gasteiger partial charge in [-0.15, -0.1) is 0 Å². The van der Waals surface area contributed by atoms with Crippen LogP contribution in [0.1, 0.15) is 25.7 Å². The van der Waals surface area contributed by atoms with Gasteiger partial charge in [-0.25, -0.2) is 13.1 Å². The number of benzene rings is 1. The van der Waals surface area contributed by atoms with Crippen LogP contribution in [0.5, 0.6) is 0 Å². The smallest absolute Gasteiger partial charge is 0.306 e. The minimum atomic E-state index is -3.22. The highest BCUT2D eigenvalue weighted by molar-refractivity contribution is 7.90. The van der Waals surface area contributed by atoms with E-state index in [0.717, 1.165) is 28.2 Å². The molecular formula is C17H21N3O4S2. The molecule has 140 valence electrons. The van der Waals surface area contributed by atoms with Crippen molar-refractivity contribution in [3.05, 3.63) is 29.1 Å². The van der Waals surface area contributed by atoms with E-state index < -0.39 is 15.8 Å². The zero-order valence-corrected chi connectivity index (χ0v) is 16.3. The first kappa shape index (κ1) is 18.8. The van der Waals surface area contributed by atoms with Crippen LogP contribution in [0, 0.1) is 5.92 Å². The monoisotopic (exact) mass is 395 g/mol. The van der Waals surface area contributed by atoms with Gasteiger partial charge in [-0.2, -0.15) is 5.10 Å². The molecular weight excluding hydrogens is 374 g/mol. The van der Waals surface area contributed by atoms with Crippen molar-refractivity contribution in [2.24, 2.45) is 18.0 Å². The molecule has 2 unspecified atom stereocenters. The topological polar surface area (TPSA) is 102 Å². The van der Waals surface area contributed by atoms with Gasteiger partial charge in [-0.1, -0.05) is 29.9 Å². The summed E-state index contributed by atoms with van der Waals surface area (Å²) >= 11 is 1.42. The van der Waals surface area contributed by atoms with Crippen LogP contribution >= 0.6 is 11.3 Å². The largest absolute Gasteiger partial charge is 0.481 e. The van der Waals surface area contributed by atoms with Crippen molar-refractivity contribution in [1.29, 1.82) is 0 Å². The van der Waals surface area contributed by atoms with Gasteiger partial charge in [0.1, 0.15) is 5.01 Å². The minimum Gasteiger partial charge on any atom is -0.481 e. The third-order valence-electron chi connectivity index (χ3n) is 4.52. The van der Waals surface area contributed by atoms with Crippen LogP contribution in [-0.4, -0.2) is 41.6 Å². The number of hydrogen-bond donors (Lipinski definition) is 1. The first-order chi connectivity index (χ1) is 12.2. The summed E-state index contributed by atoms with van der Waals surface area (Å²) in [5.41, 5.74) is 0.825. The lowest BCUT2D eigenvalue weighted by Crippen LogP contribution is -2.27. The molecule has 0 radical (unpaired) electrons. The summed E-state index contributed by atoms with van der Waals surface area (Å²) in [6.45, 7) is 0. The van der Waals surface area contributed by atoms with Crippen LogP contribution in [0.2, 0.25) is 0 Å². The van der Waals surface area contributed by atoms with Gasteiger partial charge in [-0.05, 0) is 31.4 Å². The maximum Gasteiger partial charge on any atom is 0.306 e. The number of rotatable bonds is 4. The van der Waals surface area contributed by atoms with E-state index in [1.165, 1.54) is 17.6 Å². The number of aryl methyl sites for hydroxylation is 1. The van der Waals surface area contributed by atoms with Crippen LogP contribution in [0.3, 0.4) is 0 Å². The zero-order chi connectivity index (χ0) is 18.9. The van der Waals surface area contributed by atoms with Crippen LogP contribution in [0.4, 0.5) is 0 Å². The highest BCUT2D eigenvalue weighted by atomic mass is 32.2. The SMILES string of the molecule is Cn1nc(-c2ccc(S(C)(=O)=O)cc2)sc1=NC1CCCC(C(=O)O)C1. The molecule has 9 heteroatoms. The summed E-state index contributed by atoms with van der Waals surface area (Å²) in [7, 11) is -1.42. The van der Waals surface area contributed by atoms with E-state index in [0.29, 0.717) is 12.8 Å². The molecule has 1 N–H and O–H groups in total. The molecule has 1 heterocycles. The van der Waals surface area contributed by atoms with E-state index in [-0.39, 0.29) is 16.9 Å². The number of aromatic nitrogens is 2. The Morgan fingerprint density at radius 3 is 2.62 bits per heavy atom. The lowest BCUT2D eigenvalue weighted by atomic mass is 9.86. The van der Waals surface area contributed by atoms with Gasteiger partial charge in [-0.3, -0.25) is 9.79 Å². The van der Waals surface area contributed by atoms with Crippen molar-refractivity contribution >= 4 is 27.1 Å². The molecule has 1 aliphatic carbocycles. The zero-order valence-electron chi connectivity index (χ0n) is 14.6. The van der Waals surface area contributed by atoms with Gasteiger partial charge in [0.25, 0.3) is 0 Å². The molecule has 1 aromatic heterocycles. The molecule has 0 aliphatic heterocycles. The molecule has 1 saturated carbocycles. The second-order valence-electron chi connectivity index (χ2n) is 6.59. The van der Waals surface area contributed by atoms with Crippen LogP contribution in [-0.2, 0) is 21.7 Å². The molecule has 0 amide bonds. The van der Waals surface area contributed by atoms with E-state index in [4.69, 9.17) is 4.99 Å². The summed E-state index contributed by atoms with van der Waals surface area (Å²) < 4.78 is 24.8. The molecule has 0 spiro atoms. The number of carbonyl (C=O) groups is 1. The van der Waals surface area contributed by atoms with Gasteiger partial charge < -0.3 is 5.11 Å². The first-order valence-corrected chi connectivity index (χ1v) is 11.1. The molecule has 1 aliphatic rings. The number of sulfone groups is 1. The molecule has 0 bridgehead atoms. The molecule has 26 heavy (non-hydrogen) atoms. The predicted molar refractivity (Wildman–Crippen MR) is 98.6 cm³/mol. The number of carboxylic acid groups (broad SMARTS) is 1. The Kier molecular flexibility index (Phi) is 5.29. The maximum atomic E-state index is 11.6. The maximum absolute atomic E-state index is 11.6. The van der Waals surface area contributed by atoms with Crippen LogP contribution in [0.15, 0.2) is 34.2 Å². The Morgan fingerprint density at radius 2 is 2.00 bits per heavy atom. The van der Waals surface area contributed by atoms with Crippen molar-refractivity contribution in [3.8, 4) is 10.6 Å². The molecule has 7 nitrogen and oxygen atoms in total. The van der Waals surface area contributed by atoms with Gasteiger partial charge in [0.15, 0.2) is 9.84 Å². The molecule has 2 aromatic rings. The second kappa shape index (κ2) is 7.32. The lowest BCUT2D eigenvalue weighted by molar-refractivity contribution is -0.142. The van der Waals surface area contributed by atoms with Crippen LogP contribution in [0.25, 0.3) is 10.6 Å². The minimum absolute atomic E-state index is 0.00281. The average Bonchev–Trinajstić information content (AvgIpc) is 2.95. The van der Waals surface area contributed by atoms with E-state index in [1.807, 2.05) is 0 Å². The molecule has 0 saturated heterocycles. The Balaban J connectivity index is 1.86. The fraction of sp³-hybridized carbons (Fsp3) is 0.471. The van der Waals surface area contributed by atoms with Gasteiger partial charge in [0.05, 0.1) is 16.9 Å². The molecule has 2 atom stereocenters. The van der Waals surface area contributed by atoms with Gasteiger partial charge in [0.2, 0.25) is 4.80 Å². The Bertz CT molecular complexity index is 974. The number of hydrogen-bond acceptors (Lipinski definition) is 6. The van der Waals surface area contributed by atoms with E-state index in [9.17, 15) is 18.3 Å². The van der Waals surface area contributed by atoms with E-state index in [2.05, 4.69) is 5.10 Å². The van der Waals surface area contributed by atoms with Gasteiger partial charge in [0, 0.05) is 18.9 Å². The van der Waals surface area contributed by atoms with Crippen molar-refractivity contribution < 1.29 is 18.3 Å². The Morgan fingerprint density at radius 1 is 1.31 bits per heavy atom. The molecule has 1 fully saturated rings. The third kappa shape index (κ3) is 4.21. The van der Waals surface area contributed by atoms with Gasteiger partial charge >= 0.3 is 5.97 Å². The van der Waals surface area contributed by atoms with Crippen molar-refractivity contribution in [1.82, 2.24) is 9.78 Å². The van der Waals surface area contributed by atoms with E-state index in [1.54, 1.807) is 36.0 Å². The summed E-state index contributed by atoms with van der Waals surface area (Å²) in [5, 5.41) is 14.4. The highest BCUT2D eigenvalue weighted by Crippen LogP contribution is 2.27. The van der Waals surface area contributed by atoms with Crippen molar-refractivity contribution in [2.75, 3.05) is 6.26 Å². The predicted octanol–water partition coefficient (Wildman–Crippen LogP) is 2.10. The lowest BCUT2D eigenvalue weighted by Gasteiger charge is -2.23. The Labute approximate surface area is 156 Å². The average molecular weight is 396 g/mol. The Hall–Kier alpha value is -2.00. The van der Waals surface area contributed by atoms with Crippen LogP contribution < -0.4 is 4.80 Å². The molecule has 1 aromatic carbocycles. The fourth-order valence-electron chi connectivity index (χ4n) is 3.08. The molecule has 3 rings (SSSR count).